The first-order chi connectivity index (χ1) is 10.2. The molecule has 0 radical (unpaired) electrons. The molecule has 0 bridgehead atoms. The van der Waals surface area contributed by atoms with E-state index in [1.165, 1.54) is 0 Å². The van der Waals surface area contributed by atoms with Crippen LogP contribution in [0.4, 0.5) is 0 Å². The normalized spacial score (nSPS) is 12.2. The van der Waals surface area contributed by atoms with Crippen molar-refractivity contribution in [2.45, 2.75) is 12.8 Å². The SMILES string of the molecule is CC(C(=O)O)c1cc(-c2ccccc2)nc2ccccc12. The summed E-state index contributed by atoms with van der Waals surface area (Å²) in [5.74, 6) is -1.40. The minimum Gasteiger partial charge on any atom is -0.481 e. The van der Waals surface area contributed by atoms with Gasteiger partial charge in [-0.3, -0.25) is 4.79 Å². The molecule has 2 aromatic carbocycles. The van der Waals surface area contributed by atoms with Crippen molar-refractivity contribution in [1.29, 1.82) is 0 Å². The summed E-state index contributed by atoms with van der Waals surface area (Å²) in [6, 6.07) is 19.4. The topological polar surface area (TPSA) is 50.2 Å². The van der Waals surface area contributed by atoms with Gasteiger partial charge < -0.3 is 5.11 Å². The van der Waals surface area contributed by atoms with Crippen LogP contribution in [0.2, 0.25) is 0 Å². The molecule has 0 saturated carbocycles. The second-order valence-electron chi connectivity index (χ2n) is 5.04. The smallest absolute Gasteiger partial charge is 0.310 e. The maximum atomic E-state index is 11.4. The lowest BCUT2D eigenvalue weighted by molar-refractivity contribution is -0.138. The Morgan fingerprint density at radius 1 is 1.05 bits per heavy atom. The summed E-state index contributed by atoms with van der Waals surface area (Å²) in [7, 11) is 0. The molecule has 104 valence electrons. The van der Waals surface area contributed by atoms with Crippen molar-refractivity contribution in [1.82, 2.24) is 4.98 Å². The quantitative estimate of drug-likeness (QED) is 0.784. The number of carbonyl (C=O) groups is 1. The fraction of sp³-hybridized carbons (Fsp3) is 0.111. The number of fused-ring (bicyclic) bond motifs is 1. The van der Waals surface area contributed by atoms with Gasteiger partial charge in [0.1, 0.15) is 0 Å². The number of nitrogens with zero attached hydrogens (tertiary/aromatic N) is 1. The van der Waals surface area contributed by atoms with E-state index in [9.17, 15) is 9.90 Å². The number of carboxylic acid groups (broad SMARTS) is 1. The molecular weight excluding hydrogens is 262 g/mol. The van der Waals surface area contributed by atoms with Crippen LogP contribution in [0.25, 0.3) is 22.2 Å². The molecular formula is C18H15NO2. The van der Waals surface area contributed by atoms with Crippen LogP contribution >= 0.6 is 0 Å². The minimum atomic E-state index is -0.828. The Balaban J connectivity index is 2.27. The molecule has 0 aliphatic heterocycles. The zero-order valence-electron chi connectivity index (χ0n) is 11.7. The third-order valence-corrected chi connectivity index (χ3v) is 3.65. The maximum absolute atomic E-state index is 11.4. The van der Waals surface area contributed by atoms with Crippen LogP contribution in [0, 0.1) is 0 Å². The first-order valence-corrected chi connectivity index (χ1v) is 6.85. The lowest BCUT2D eigenvalue weighted by Crippen LogP contribution is -2.08. The second kappa shape index (κ2) is 5.37. The average Bonchev–Trinajstić information content (AvgIpc) is 2.54. The molecule has 0 fully saturated rings. The van der Waals surface area contributed by atoms with Gasteiger partial charge >= 0.3 is 5.97 Å². The first kappa shape index (κ1) is 13.3. The van der Waals surface area contributed by atoms with Gasteiger partial charge in [-0.2, -0.15) is 0 Å². The van der Waals surface area contributed by atoms with Gasteiger partial charge in [-0.15, -0.1) is 0 Å². The van der Waals surface area contributed by atoms with E-state index in [1.807, 2.05) is 60.7 Å². The molecule has 0 amide bonds. The number of carboxylic acids is 1. The van der Waals surface area contributed by atoms with Crippen LogP contribution in [-0.4, -0.2) is 16.1 Å². The zero-order chi connectivity index (χ0) is 14.8. The molecule has 1 atom stereocenters. The molecule has 3 aromatic rings. The molecule has 0 spiro atoms. The van der Waals surface area contributed by atoms with Gasteiger partial charge in [0.05, 0.1) is 17.1 Å². The summed E-state index contributed by atoms with van der Waals surface area (Å²) in [6.45, 7) is 1.71. The van der Waals surface area contributed by atoms with Crippen LogP contribution in [0.1, 0.15) is 18.4 Å². The van der Waals surface area contributed by atoms with Crippen molar-refractivity contribution in [2.24, 2.45) is 0 Å². The van der Waals surface area contributed by atoms with Gasteiger partial charge in [-0.05, 0) is 24.6 Å². The lowest BCUT2D eigenvalue weighted by atomic mass is 9.95. The molecule has 0 aliphatic carbocycles. The van der Waals surface area contributed by atoms with Gasteiger partial charge in [-0.1, -0.05) is 48.5 Å². The van der Waals surface area contributed by atoms with E-state index in [-0.39, 0.29) is 0 Å². The minimum absolute atomic E-state index is 0.569. The van der Waals surface area contributed by atoms with Gasteiger partial charge in [0.25, 0.3) is 0 Å². The molecule has 1 N–H and O–H groups in total. The van der Waals surface area contributed by atoms with E-state index in [0.29, 0.717) is 0 Å². The highest BCUT2D eigenvalue weighted by molar-refractivity contribution is 5.90. The Bertz CT molecular complexity index is 797. The second-order valence-corrected chi connectivity index (χ2v) is 5.04. The number of hydrogen-bond acceptors (Lipinski definition) is 2. The Morgan fingerprint density at radius 2 is 1.71 bits per heavy atom. The van der Waals surface area contributed by atoms with Crippen molar-refractivity contribution in [3.63, 3.8) is 0 Å². The third kappa shape index (κ3) is 2.50. The number of pyridine rings is 1. The summed E-state index contributed by atoms with van der Waals surface area (Å²) in [5, 5.41) is 10.2. The molecule has 3 nitrogen and oxygen atoms in total. The monoisotopic (exact) mass is 277 g/mol. The molecule has 1 aromatic heterocycles. The largest absolute Gasteiger partial charge is 0.481 e. The highest BCUT2D eigenvalue weighted by atomic mass is 16.4. The fourth-order valence-electron chi connectivity index (χ4n) is 2.45. The van der Waals surface area contributed by atoms with Crippen molar-refractivity contribution < 1.29 is 9.90 Å². The van der Waals surface area contributed by atoms with E-state index in [4.69, 9.17) is 0 Å². The standard InChI is InChI=1S/C18H15NO2/c1-12(18(20)21)15-11-17(13-7-3-2-4-8-13)19-16-10-6-5-9-14(15)16/h2-12H,1H3,(H,20,21). The zero-order valence-corrected chi connectivity index (χ0v) is 11.7. The molecule has 3 heteroatoms. The summed E-state index contributed by atoms with van der Waals surface area (Å²) in [6.07, 6.45) is 0. The molecule has 0 aliphatic rings. The summed E-state index contributed by atoms with van der Waals surface area (Å²) < 4.78 is 0. The van der Waals surface area contributed by atoms with Crippen molar-refractivity contribution in [2.75, 3.05) is 0 Å². The van der Waals surface area contributed by atoms with Gasteiger partial charge in [0.15, 0.2) is 0 Å². The van der Waals surface area contributed by atoms with E-state index in [1.54, 1.807) is 6.92 Å². The lowest BCUT2D eigenvalue weighted by Gasteiger charge is -2.13. The van der Waals surface area contributed by atoms with Crippen LogP contribution in [0.3, 0.4) is 0 Å². The molecule has 1 heterocycles. The summed E-state index contributed by atoms with van der Waals surface area (Å²) >= 11 is 0. The highest BCUT2D eigenvalue weighted by Crippen LogP contribution is 2.29. The maximum Gasteiger partial charge on any atom is 0.310 e. The Kier molecular flexibility index (Phi) is 3.40. The Morgan fingerprint density at radius 3 is 2.43 bits per heavy atom. The van der Waals surface area contributed by atoms with E-state index < -0.39 is 11.9 Å². The number of hydrogen-bond donors (Lipinski definition) is 1. The fourth-order valence-corrected chi connectivity index (χ4v) is 2.45. The molecule has 0 saturated heterocycles. The van der Waals surface area contributed by atoms with E-state index in [2.05, 4.69) is 4.98 Å². The van der Waals surface area contributed by atoms with Crippen molar-refractivity contribution >= 4 is 16.9 Å². The molecule has 1 unspecified atom stereocenters. The number of benzene rings is 2. The summed E-state index contributed by atoms with van der Waals surface area (Å²) in [4.78, 5) is 16.0. The molecule has 3 rings (SSSR count). The Hall–Kier alpha value is -2.68. The predicted octanol–water partition coefficient (Wildman–Crippen LogP) is 4.09. The van der Waals surface area contributed by atoms with Gasteiger partial charge in [0.2, 0.25) is 0 Å². The average molecular weight is 277 g/mol. The van der Waals surface area contributed by atoms with E-state index >= 15 is 0 Å². The third-order valence-electron chi connectivity index (χ3n) is 3.65. The van der Waals surface area contributed by atoms with Crippen LogP contribution in [0.5, 0.6) is 0 Å². The van der Waals surface area contributed by atoms with Crippen LogP contribution in [-0.2, 0) is 4.79 Å². The number of aromatic nitrogens is 1. The van der Waals surface area contributed by atoms with Crippen LogP contribution in [0.15, 0.2) is 60.7 Å². The number of para-hydroxylation sites is 1. The predicted molar refractivity (Wildman–Crippen MR) is 83.2 cm³/mol. The van der Waals surface area contributed by atoms with Crippen molar-refractivity contribution in [3.8, 4) is 11.3 Å². The first-order valence-electron chi connectivity index (χ1n) is 6.85. The van der Waals surface area contributed by atoms with Crippen LogP contribution < -0.4 is 0 Å². The Labute approximate surface area is 122 Å². The van der Waals surface area contributed by atoms with Gasteiger partial charge in [-0.25, -0.2) is 4.98 Å². The van der Waals surface area contributed by atoms with Gasteiger partial charge in [0, 0.05) is 10.9 Å². The molecule has 21 heavy (non-hydrogen) atoms. The van der Waals surface area contributed by atoms with Crippen molar-refractivity contribution in [3.05, 3.63) is 66.2 Å². The number of rotatable bonds is 3. The number of aliphatic carboxylic acids is 1. The summed E-state index contributed by atoms with van der Waals surface area (Å²) in [5.41, 5.74) is 3.41. The highest BCUT2D eigenvalue weighted by Gasteiger charge is 2.18. The van der Waals surface area contributed by atoms with E-state index in [0.717, 1.165) is 27.7 Å².